The van der Waals surface area contributed by atoms with Crippen LogP contribution in [-0.2, 0) is 15.6 Å². The maximum absolute atomic E-state index is 14.0. The summed E-state index contributed by atoms with van der Waals surface area (Å²) in [4.78, 5) is 57.5. The number of carbonyl (C=O) groups excluding carboxylic acids is 4. The van der Waals surface area contributed by atoms with Crippen LogP contribution >= 0.6 is 0 Å². The maximum atomic E-state index is 14.0. The lowest BCUT2D eigenvalue weighted by Crippen LogP contribution is -2.40. The van der Waals surface area contributed by atoms with Crippen molar-refractivity contribution in [3.05, 3.63) is 203 Å². The molecule has 0 aromatic heterocycles. The summed E-state index contributed by atoms with van der Waals surface area (Å²) in [6, 6.07) is 56.6. The van der Waals surface area contributed by atoms with Gasteiger partial charge in [0.1, 0.15) is 0 Å². The summed E-state index contributed by atoms with van der Waals surface area (Å²) >= 11 is 0. The molecule has 12 aromatic carbocycles. The molecule has 356 valence electrons. The van der Waals surface area contributed by atoms with Crippen LogP contribution in [0.2, 0.25) is 0 Å². The summed E-state index contributed by atoms with van der Waals surface area (Å²) in [5, 5.41) is 16.7. The van der Waals surface area contributed by atoms with Crippen LogP contribution in [0.4, 0.5) is 11.4 Å². The van der Waals surface area contributed by atoms with Gasteiger partial charge in [0.25, 0.3) is 17.7 Å². The minimum Gasteiger partial charge on any atom is -0.465 e. The Kier molecular flexibility index (Phi) is 10.2. The van der Waals surface area contributed by atoms with Gasteiger partial charge in [-0.1, -0.05) is 163 Å². The van der Waals surface area contributed by atoms with Crippen LogP contribution in [-0.4, -0.2) is 37.8 Å². The second kappa shape index (κ2) is 16.4. The lowest BCUT2D eigenvalue weighted by atomic mass is 9.84. The topological polar surface area (TPSA) is 84.0 Å². The van der Waals surface area contributed by atoms with Gasteiger partial charge in [-0.05, 0) is 146 Å². The van der Waals surface area contributed by atoms with E-state index in [0.29, 0.717) is 33.3 Å². The van der Waals surface area contributed by atoms with E-state index < -0.39 is 5.97 Å². The summed E-state index contributed by atoms with van der Waals surface area (Å²) in [6.07, 6.45) is 0. The van der Waals surface area contributed by atoms with Crippen molar-refractivity contribution in [3.8, 4) is 0 Å². The smallest absolute Gasteiger partial charge is 0.338 e. The average molecular weight is 953 g/mol. The van der Waals surface area contributed by atoms with Crippen molar-refractivity contribution < 1.29 is 23.9 Å². The van der Waals surface area contributed by atoms with Gasteiger partial charge < -0.3 is 9.64 Å². The van der Waals surface area contributed by atoms with Gasteiger partial charge in [-0.25, -0.2) is 9.69 Å². The molecule has 0 radical (unpaired) electrons. The normalized spacial score (nSPS) is 13.1. The molecule has 0 saturated carbocycles. The molecule has 13 rings (SSSR count). The Bertz CT molecular complexity index is 4140. The molecule has 7 heteroatoms. The predicted octanol–water partition coefficient (Wildman–Crippen LogP) is 15.9. The highest BCUT2D eigenvalue weighted by Gasteiger charge is 2.36. The zero-order valence-corrected chi connectivity index (χ0v) is 42.1. The van der Waals surface area contributed by atoms with Crippen LogP contribution in [0.3, 0.4) is 0 Å². The van der Waals surface area contributed by atoms with Gasteiger partial charge in [0.05, 0.1) is 18.4 Å². The number of ether oxygens (including phenoxy) is 1. The molecular weight excluding hydrogens is 901 g/mol. The molecule has 3 amide bonds. The van der Waals surface area contributed by atoms with Crippen LogP contribution < -0.4 is 9.80 Å². The molecule has 1 aliphatic heterocycles. The summed E-state index contributed by atoms with van der Waals surface area (Å²) in [7, 11) is 3.15. The number of rotatable bonds is 4. The molecule has 0 bridgehead atoms. The molecule has 7 nitrogen and oxygen atoms in total. The van der Waals surface area contributed by atoms with Crippen LogP contribution in [0.1, 0.15) is 94.1 Å². The van der Waals surface area contributed by atoms with Crippen molar-refractivity contribution in [1.82, 2.24) is 0 Å². The predicted molar refractivity (Wildman–Crippen MR) is 301 cm³/mol. The van der Waals surface area contributed by atoms with Crippen LogP contribution in [0, 0.1) is 0 Å². The number of amides is 3. The minimum absolute atomic E-state index is 0.00759. The van der Waals surface area contributed by atoms with Gasteiger partial charge in [-0.2, -0.15) is 0 Å². The first-order valence-electron chi connectivity index (χ1n) is 24.8. The first kappa shape index (κ1) is 45.5. The Morgan fingerprint density at radius 1 is 0.425 bits per heavy atom. The third-order valence-corrected chi connectivity index (χ3v) is 15.2. The quantitative estimate of drug-likeness (QED) is 0.0759. The molecule has 0 saturated heterocycles. The van der Waals surface area contributed by atoms with E-state index in [1.165, 1.54) is 33.7 Å². The highest BCUT2D eigenvalue weighted by molar-refractivity contribution is 6.42. The van der Waals surface area contributed by atoms with Crippen molar-refractivity contribution in [2.24, 2.45) is 0 Å². The zero-order valence-electron chi connectivity index (χ0n) is 42.1. The molecule has 0 fully saturated rings. The first-order valence-corrected chi connectivity index (χ1v) is 24.8. The number of nitrogens with zero attached hydrogens (tertiary/aromatic N) is 2. The summed E-state index contributed by atoms with van der Waals surface area (Å²) < 4.78 is 5.16. The lowest BCUT2D eigenvalue weighted by molar-refractivity contribution is 0.0602. The molecule has 12 aromatic rings. The molecule has 0 atom stereocenters. The fourth-order valence-corrected chi connectivity index (χ4v) is 11.4. The SMILES string of the molecule is CC(C)(C)c1ccc(N2C(=O)c3ccc4c5cccc6cccc(c7ccc(c3c47)C2=O)c65)cc1.COC(=O)c1ccc2c3cccc4cccc(c5ccc(C(=O)N(C)c6ccc(C(C)(C)C)cc6)c1c25)c43. The first-order chi connectivity index (χ1) is 35.0. The number of hydrogen-bond donors (Lipinski definition) is 0. The molecule has 0 aliphatic carbocycles. The fourth-order valence-electron chi connectivity index (χ4n) is 11.4. The third kappa shape index (κ3) is 6.93. The van der Waals surface area contributed by atoms with E-state index in [-0.39, 0.29) is 28.6 Å². The summed E-state index contributed by atoms with van der Waals surface area (Å²) in [5.41, 5.74) is 5.77. The highest BCUT2D eigenvalue weighted by Crippen LogP contribution is 2.46. The van der Waals surface area contributed by atoms with Crippen molar-refractivity contribution >= 4 is 121 Å². The van der Waals surface area contributed by atoms with Crippen LogP contribution in [0.25, 0.3) is 86.2 Å². The van der Waals surface area contributed by atoms with Gasteiger partial charge in [0.15, 0.2) is 0 Å². The Morgan fingerprint density at radius 3 is 1.23 bits per heavy atom. The third-order valence-electron chi connectivity index (χ3n) is 15.2. The van der Waals surface area contributed by atoms with E-state index in [9.17, 15) is 19.2 Å². The molecule has 0 spiro atoms. The Hall–Kier alpha value is -8.68. The van der Waals surface area contributed by atoms with Gasteiger partial charge in [-0.15, -0.1) is 0 Å². The molecule has 1 aliphatic rings. The Balaban J connectivity index is 0.000000149. The number of hydrogen-bond acceptors (Lipinski definition) is 5. The summed E-state index contributed by atoms with van der Waals surface area (Å²) in [5.74, 6) is -1.19. The van der Waals surface area contributed by atoms with E-state index in [1.54, 1.807) is 18.0 Å². The molecular formula is C66H52N2O5. The van der Waals surface area contributed by atoms with Gasteiger partial charge in [0.2, 0.25) is 0 Å². The van der Waals surface area contributed by atoms with E-state index >= 15 is 0 Å². The van der Waals surface area contributed by atoms with Gasteiger partial charge in [0, 0.05) is 40.2 Å². The Labute approximate surface area is 422 Å². The number of benzene rings is 12. The second-order valence-electron chi connectivity index (χ2n) is 21.5. The molecule has 73 heavy (non-hydrogen) atoms. The van der Waals surface area contributed by atoms with Crippen LogP contribution in [0.5, 0.6) is 0 Å². The second-order valence-corrected chi connectivity index (χ2v) is 21.5. The van der Waals surface area contributed by atoms with E-state index in [0.717, 1.165) is 75.9 Å². The number of fused-ring (bicyclic) bond motifs is 4. The van der Waals surface area contributed by atoms with Crippen LogP contribution in [0.15, 0.2) is 170 Å². The van der Waals surface area contributed by atoms with Gasteiger partial charge >= 0.3 is 5.97 Å². The largest absolute Gasteiger partial charge is 0.465 e. The van der Waals surface area contributed by atoms with Crippen molar-refractivity contribution in [2.75, 3.05) is 24.0 Å². The van der Waals surface area contributed by atoms with Crippen molar-refractivity contribution in [1.29, 1.82) is 0 Å². The Morgan fingerprint density at radius 2 is 0.808 bits per heavy atom. The zero-order chi connectivity index (χ0) is 50.8. The van der Waals surface area contributed by atoms with E-state index in [1.807, 2.05) is 78.9 Å². The van der Waals surface area contributed by atoms with E-state index in [4.69, 9.17) is 4.74 Å². The number of anilines is 2. The van der Waals surface area contributed by atoms with E-state index in [2.05, 4.69) is 126 Å². The number of methoxy groups -OCH3 is 1. The number of imide groups is 1. The fraction of sp³-hybridized carbons (Fsp3) is 0.152. The molecule has 0 unspecified atom stereocenters. The average Bonchev–Trinajstić information content (AvgIpc) is 3.40. The number of carbonyl (C=O) groups is 4. The minimum atomic E-state index is -0.461. The molecule has 0 N–H and O–H groups in total. The standard InChI is InChI=1S/C34H29NO3.C32H23NO2/c1-34(2,3)21-12-14-22(15-13-21)35(4)32(36)27-18-16-25-23-10-6-8-20-9-7-11-24(29(20)23)26-17-19-28(33(37)38-5)31(27)30(25)26;1-32(2,3)19-10-12-20(13-11-19)33-30(34)25-16-14-23-21-8-4-6-18-7-5-9-22(27(18)21)24-15-17-26(31(33)35)29(25)28(23)24/h6-19H,1-5H3;4-17H,1-3H3. The highest BCUT2D eigenvalue weighted by atomic mass is 16.5. The summed E-state index contributed by atoms with van der Waals surface area (Å²) in [6.45, 7) is 12.9. The van der Waals surface area contributed by atoms with Gasteiger partial charge in [-0.3, -0.25) is 14.4 Å². The maximum Gasteiger partial charge on any atom is 0.338 e. The monoisotopic (exact) mass is 952 g/mol. The lowest BCUT2D eigenvalue weighted by Gasteiger charge is -2.29. The van der Waals surface area contributed by atoms with Crippen molar-refractivity contribution in [3.63, 3.8) is 0 Å². The molecule has 1 heterocycles. The number of esters is 1. The van der Waals surface area contributed by atoms with Crippen molar-refractivity contribution in [2.45, 2.75) is 52.4 Å².